The van der Waals surface area contributed by atoms with Crippen molar-refractivity contribution >= 4 is 16.9 Å². The van der Waals surface area contributed by atoms with E-state index in [0.717, 1.165) is 30.5 Å². The second kappa shape index (κ2) is 6.58. The van der Waals surface area contributed by atoms with Crippen LogP contribution in [0.25, 0.3) is 11.0 Å². The number of aromatic nitrogens is 2. The smallest absolute Gasteiger partial charge is 0.328 e. The Morgan fingerprint density at radius 3 is 2.83 bits per heavy atom. The van der Waals surface area contributed by atoms with E-state index in [4.69, 9.17) is 4.74 Å². The van der Waals surface area contributed by atoms with Crippen LogP contribution >= 0.6 is 0 Å². The van der Waals surface area contributed by atoms with Crippen LogP contribution < -0.4 is 11.0 Å². The van der Waals surface area contributed by atoms with E-state index in [1.807, 2.05) is 31.2 Å². The number of benzene rings is 1. The summed E-state index contributed by atoms with van der Waals surface area (Å²) < 4.78 is 8.86. The van der Waals surface area contributed by atoms with Gasteiger partial charge >= 0.3 is 5.69 Å². The highest BCUT2D eigenvalue weighted by molar-refractivity contribution is 5.78. The molecule has 23 heavy (non-hydrogen) atoms. The molecule has 3 rings (SSSR count). The van der Waals surface area contributed by atoms with Gasteiger partial charge in [-0.05, 0) is 31.9 Å². The number of rotatable bonds is 5. The number of para-hydroxylation sites is 2. The van der Waals surface area contributed by atoms with Gasteiger partial charge in [-0.15, -0.1) is 0 Å². The molecule has 124 valence electrons. The van der Waals surface area contributed by atoms with Crippen molar-refractivity contribution in [2.75, 3.05) is 6.61 Å². The highest BCUT2D eigenvalue weighted by Gasteiger charge is 2.23. The maximum Gasteiger partial charge on any atom is 0.328 e. The van der Waals surface area contributed by atoms with Crippen molar-refractivity contribution in [2.24, 2.45) is 7.05 Å². The van der Waals surface area contributed by atoms with Gasteiger partial charge in [0.2, 0.25) is 5.91 Å². The molecule has 1 aliphatic heterocycles. The second-order valence-corrected chi connectivity index (χ2v) is 6.14. The topological polar surface area (TPSA) is 65.3 Å². The van der Waals surface area contributed by atoms with Gasteiger partial charge in [-0.25, -0.2) is 4.79 Å². The third kappa shape index (κ3) is 3.17. The lowest BCUT2D eigenvalue weighted by Crippen LogP contribution is -2.41. The Bertz CT molecular complexity index is 756. The van der Waals surface area contributed by atoms with E-state index in [2.05, 4.69) is 5.32 Å². The molecule has 2 aromatic rings. The maximum atomic E-state index is 12.3. The van der Waals surface area contributed by atoms with Gasteiger partial charge in [0.1, 0.15) is 0 Å². The van der Waals surface area contributed by atoms with Gasteiger partial charge in [-0.2, -0.15) is 0 Å². The van der Waals surface area contributed by atoms with Gasteiger partial charge < -0.3 is 10.1 Å². The lowest BCUT2D eigenvalue weighted by atomic mass is 10.1. The number of hydrogen-bond donors (Lipinski definition) is 1. The Morgan fingerprint density at radius 1 is 1.39 bits per heavy atom. The third-order valence-corrected chi connectivity index (χ3v) is 4.53. The zero-order chi connectivity index (χ0) is 16.4. The first kappa shape index (κ1) is 15.8. The highest BCUT2D eigenvalue weighted by atomic mass is 16.5. The van der Waals surface area contributed by atoms with Crippen molar-refractivity contribution in [1.82, 2.24) is 14.5 Å². The molecule has 0 aliphatic carbocycles. The molecule has 6 nitrogen and oxygen atoms in total. The highest BCUT2D eigenvalue weighted by Crippen LogP contribution is 2.15. The molecule has 1 N–H and O–H groups in total. The quantitative estimate of drug-likeness (QED) is 0.907. The fourth-order valence-electron chi connectivity index (χ4n) is 3.21. The number of imidazole rings is 1. The average Bonchev–Trinajstić information content (AvgIpc) is 3.15. The summed E-state index contributed by atoms with van der Waals surface area (Å²) in [6.07, 6.45) is 2.44. The van der Waals surface area contributed by atoms with Gasteiger partial charge in [0.05, 0.1) is 23.2 Å². The van der Waals surface area contributed by atoms with Crippen LogP contribution in [0, 0.1) is 0 Å². The third-order valence-electron chi connectivity index (χ3n) is 4.53. The van der Waals surface area contributed by atoms with E-state index >= 15 is 0 Å². The first-order chi connectivity index (χ1) is 11.1. The summed E-state index contributed by atoms with van der Waals surface area (Å²) in [6, 6.07) is 7.63. The summed E-state index contributed by atoms with van der Waals surface area (Å²) in [4.78, 5) is 24.5. The standard InChI is InChI=1S/C17H23N3O3/c1-12(15-8-5-11-23-15)18-16(21)9-10-20-14-7-4-3-6-13(14)19(2)17(20)22/h3-4,6-7,12,15H,5,8-11H2,1-2H3,(H,18,21)/t12-,15+/m1/s1. The number of hydrogen-bond acceptors (Lipinski definition) is 3. The molecular formula is C17H23N3O3. The largest absolute Gasteiger partial charge is 0.376 e. The van der Waals surface area contributed by atoms with Crippen LogP contribution in [0.15, 0.2) is 29.1 Å². The Morgan fingerprint density at radius 2 is 2.13 bits per heavy atom. The summed E-state index contributed by atoms with van der Waals surface area (Å²) in [5, 5.41) is 2.98. The summed E-state index contributed by atoms with van der Waals surface area (Å²) in [7, 11) is 1.75. The zero-order valence-corrected chi connectivity index (χ0v) is 13.6. The van der Waals surface area contributed by atoms with E-state index in [0.29, 0.717) is 6.54 Å². The van der Waals surface area contributed by atoms with E-state index in [-0.39, 0.29) is 30.2 Å². The number of aryl methyl sites for hydroxylation is 2. The molecule has 1 saturated heterocycles. The minimum absolute atomic E-state index is 0.00856. The second-order valence-electron chi connectivity index (χ2n) is 6.14. The molecule has 2 heterocycles. The van der Waals surface area contributed by atoms with Crippen molar-refractivity contribution in [3.05, 3.63) is 34.7 Å². The van der Waals surface area contributed by atoms with Gasteiger partial charge in [-0.3, -0.25) is 13.9 Å². The van der Waals surface area contributed by atoms with E-state index in [1.54, 1.807) is 16.2 Å². The Hall–Kier alpha value is -2.08. The summed E-state index contributed by atoms with van der Waals surface area (Å²) in [5.41, 5.74) is 1.65. The number of nitrogens with zero attached hydrogens (tertiary/aromatic N) is 2. The molecule has 0 unspecified atom stereocenters. The molecular weight excluding hydrogens is 294 g/mol. The normalized spacial score (nSPS) is 19.1. The van der Waals surface area contributed by atoms with Gasteiger partial charge in [0.25, 0.3) is 0 Å². The Kier molecular flexibility index (Phi) is 4.52. The van der Waals surface area contributed by atoms with Gasteiger partial charge in [0.15, 0.2) is 0 Å². The van der Waals surface area contributed by atoms with Gasteiger partial charge in [-0.1, -0.05) is 12.1 Å². The predicted octanol–water partition coefficient (Wildman–Crippen LogP) is 1.41. The van der Waals surface area contributed by atoms with Crippen LogP contribution in [0.5, 0.6) is 0 Å². The van der Waals surface area contributed by atoms with Crippen LogP contribution in [0.3, 0.4) is 0 Å². The molecule has 0 bridgehead atoms. The number of ether oxygens (including phenoxy) is 1. The van der Waals surface area contributed by atoms with E-state index < -0.39 is 0 Å². The van der Waals surface area contributed by atoms with Crippen LogP contribution in [0.2, 0.25) is 0 Å². The molecule has 1 fully saturated rings. The van der Waals surface area contributed by atoms with Crippen molar-refractivity contribution in [1.29, 1.82) is 0 Å². The minimum Gasteiger partial charge on any atom is -0.376 e. The molecule has 0 spiro atoms. The van der Waals surface area contributed by atoms with Crippen molar-refractivity contribution in [2.45, 2.75) is 44.9 Å². The zero-order valence-electron chi connectivity index (χ0n) is 13.6. The Balaban J connectivity index is 1.65. The summed E-state index contributed by atoms with van der Waals surface area (Å²) in [6.45, 7) is 3.12. The van der Waals surface area contributed by atoms with Crippen LogP contribution in [-0.2, 0) is 23.1 Å². The number of fused-ring (bicyclic) bond motifs is 1. The molecule has 1 aromatic heterocycles. The molecule has 0 saturated carbocycles. The first-order valence-electron chi connectivity index (χ1n) is 8.13. The lowest BCUT2D eigenvalue weighted by Gasteiger charge is -2.20. The number of carbonyl (C=O) groups is 1. The summed E-state index contributed by atoms with van der Waals surface area (Å²) >= 11 is 0. The molecule has 6 heteroatoms. The molecule has 1 amide bonds. The number of amides is 1. The minimum atomic E-state index is -0.0915. The Labute approximate surface area is 135 Å². The molecule has 1 aromatic carbocycles. The fraction of sp³-hybridized carbons (Fsp3) is 0.529. The SMILES string of the molecule is C[C@@H](NC(=O)CCn1c(=O)n(C)c2ccccc21)[C@@H]1CCCO1. The van der Waals surface area contributed by atoms with E-state index in [1.165, 1.54) is 0 Å². The van der Waals surface area contributed by atoms with E-state index in [9.17, 15) is 9.59 Å². The number of carbonyl (C=O) groups excluding carboxylic acids is 1. The van der Waals surface area contributed by atoms with Crippen molar-refractivity contribution < 1.29 is 9.53 Å². The lowest BCUT2D eigenvalue weighted by molar-refractivity contribution is -0.122. The first-order valence-corrected chi connectivity index (χ1v) is 8.13. The predicted molar refractivity (Wildman–Crippen MR) is 88.4 cm³/mol. The average molecular weight is 317 g/mol. The van der Waals surface area contributed by atoms with Crippen molar-refractivity contribution in [3.63, 3.8) is 0 Å². The molecule has 1 aliphatic rings. The molecule has 2 atom stereocenters. The van der Waals surface area contributed by atoms with Crippen LogP contribution in [-0.4, -0.2) is 33.8 Å². The summed E-state index contributed by atoms with van der Waals surface area (Å²) in [5.74, 6) is -0.0483. The monoisotopic (exact) mass is 317 g/mol. The number of nitrogens with one attached hydrogen (secondary N) is 1. The van der Waals surface area contributed by atoms with Crippen LogP contribution in [0.1, 0.15) is 26.2 Å². The van der Waals surface area contributed by atoms with Gasteiger partial charge in [0, 0.05) is 26.6 Å². The maximum absolute atomic E-state index is 12.3. The van der Waals surface area contributed by atoms with Crippen molar-refractivity contribution in [3.8, 4) is 0 Å². The van der Waals surface area contributed by atoms with Crippen LogP contribution in [0.4, 0.5) is 0 Å². The fourth-order valence-corrected chi connectivity index (χ4v) is 3.21. The molecule has 0 radical (unpaired) electrons.